The molecule has 1 aliphatic carbocycles. The molecule has 1 atom stereocenters. The van der Waals surface area contributed by atoms with E-state index in [9.17, 15) is 4.79 Å². The summed E-state index contributed by atoms with van der Waals surface area (Å²) in [6, 6.07) is 17.8. The molecule has 32 heavy (non-hydrogen) atoms. The molecule has 0 bridgehead atoms. The summed E-state index contributed by atoms with van der Waals surface area (Å²) in [7, 11) is 1.67. The maximum Gasteiger partial charge on any atom is 0.265 e. The number of hydrogen-bond donors (Lipinski definition) is 2. The molecule has 7 heteroatoms. The number of nitrogens with one attached hydrogen (secondary N) is 2. The summed E-state index contributed by atoms with van der Waals surface area (Å²) >= 11 is 7.51. The highest BCUT2D eigenvalue weighted by Crippen LogP contribution is 2.47. The first-order valence-corrected chi connectivity index (χ1v) is 11.7. The number of hydrogen-bond acceptors (Lipinski definition) is 5. The van der Waals surface area contributed by atoms with Gasteiger partial charge in [0.05, 0.1) is 12.8 Å². The fourth-order valence-corrected chi connectivity index (χ4v) is 5.40. The molecular weight excluding hydrogens is 442 g/mol. The second kappa shape index (κ2) is 7.50. The maximum atomic E-state index is 13.1. The van der Waals surface area contributed by atoms with E-state index >= 15 is 0 Å². The monoisotopic (exact) mass is 461 g/mol. The van der Waals surface area contributed by atoms with Crippen LogP contribution in [0.4, 0.5) is 5.69 Å². The lowest BCUT2D eigenvalue weighted by Gasteiger charge is -2.26. The first-order valence-electron chi connectivity index (χ1n) is 10.6. The number of fused-ring (bicyclic) bond motifs is 3. The number of ether oxygens (including phenoxy) is 1. The smallest absolute Gasteiger partial charge is 0.265 e. The summed E-state index contributed by atoms with van der Waals surface area (Å²) in [5, 5.41) is 8.28. The van der Waals surface area contributed by atoms with E-state index in [-0.39, 0.29) is 12.1 Å². The standard InChI is InChI=1S/C25H20ClN3O2S/c1-31-17-10-6-13(7-11-17)18-12-19(14-2-3-14)27-25-20(18)21-22(32-25)24(30)29-23(28-21)15-4-8-16(26)9-5-15/h4-12,14,23,28H,2-3H2,1H3,(H,29,30)/t23-/m0/s1. The predicted molar refractivity (Wildman–Crippen MR) is 129 cm³/mol. The highest BCUT2D eigenvalue weighted by molar-refractivity contribution is 7.21. The van der Waals surface area contributed by atoms with E-state index < -0.39 is 0 Å². The number of amides is 1. The van der Waals surface area contributed by atoms with Crippen LogP contribution in [-0.2, 0) is 0 Å². The molecule has 1 fully saturated rings. The van der Waals surface area contributed by atoms with Gasteiger partial charge in [-0.05, 0) is 59.9 Å². The van der Waals surface area contributed by atoms with Crippen LogP contribution < -0.4 is 15.4 Å². The van der Waals surface area contributed by atoms with E-state index in [1.54, 1.807) is 7.11 Å². The first-order chi connectivity index (χ1) is 15.6. The number of pyridine rings is 1. The molecule has 2 N–H and O–H groups in total. The number of halogens is 1. The minimum Gasteiger partial charge on any atom is -0.497 e. The van der Waals surface area contributed by atoms with Gasteiger partial charge in [-0.3, -0.25) is 4.79 Å². The van der Waals surface area contributed by atoms with Crippen LogP contribution in [0.1, 0.15) is 45.9 Å². The van der Waals surface area contributed by atoms with Crippen LogP contribution in [0, 0.1) is 0 Å². The lowest BCUT2D eigenvalue weighted by atomic mass is 9.99. The van der Waals surface area contributed by atoms with Gasteiger partial charge < -0.3 is 15.4 Å². The third-order valence-electron chi connectivity index (χ3n) is 6.05. The summed E-state index contributed by atoms with van der Waals surface area (Å²) in [6.45, 7) is 0. The molecule has 4 aromatic rings. The van der Waals surface area contributed by atoms with Crippen molar-refractivity contribution in [2.45, 2.75) is 24.9 Å². The Morgan fingerprint density at radius 3 is 2.50 bits per heavy atom. The van der Waals surface area contributed by atoms with Gasteiger partial charge in [0.2, 0.25) is 0 Å². The lowest BCUT2D eigenvalue weighted by Crippen LogP contribution is -2.37. The molecule has 2 aromatic heterocycles. The molecule has 0 radical (unpaired) electrons. The third-order valence-corrected chi connectivity index (χ3v) is 7.39. The number of carbonyl (C=O) groups excluding carboxylic acids is 1. The number of methoxy groups -OCH3 is 1. The zero-order chi connectivity index (χ0) is 21.8. The minimum atomic E-state index is -0.336. The van der Waals surface area contributed by atoms with E-state index in [0.717, 1.165) is 44.0 Å². The molecule has 1 amide bonds. The molecule has 2 aliphatic rings. The summed E-state index contributed by atoms with van der Waals surface area (Å²) in [6.07, 6.45) is 2.00. The van der Waals surface area contributed by atoms with Crippen molar-refractivity contribution in [1.82, 2.24) is 10.3 Å². The van der Waals surface area contributed by atoms with Crippen molar-refractivity contribution in [2.24, 2.45) is 0 Å². The van der Waals surface area contributed by atoms with Gasteiger partial charge in [-0.25, -0.2) is 4.98 Å². The van der Waals surface area contributed by atoms with Crippen LogP contribution >= 0.6 is 22.9 Å². The van der Waals surface area contributed by atoms with Crippen LogP contribution in [0.15, 0.2) is 54.6 Å². The maximum absolute atomic E-state index is 13.1. The molecule has 3 heterocycles. The Labute approximate surface area is 194 Å². The molecule has 0 spiro atoms. The Morgan fingerprint density at radius 2 is 1.81 bits per heavy atom. The molecule has 2 aromatic carbocycles. The van der Waals surface area contributed by atoms with Gasteiger partial charge in [-0.15, -0.1) is 11.3 Å². The van der Waals surface area contributed by atoms with E-state index in [2.05, 4.69) is 28.8 Å². The Hall–Kier alpha value is -3.09. The average Bonchev–Trinajstić information content (AvgIpc) is 3.60. The number of carbonyl (C=O) groups is 1. The zero-order valence-electron chi connectivity index (χ0n) is 17.3. The van der Waals surface area contributed by atoms with Crippen molar-refractivity contribution < 1.29 is 9.53 Å². The topological polar surface area (TPSA) is 63.2 Å². The lowest BCUT2D eigenvalue weighted by molar-refractivity contribution is 0.0940. The molecule has 6 rings (SSSR count). The number of benzene rings is 2. The normalized spacial score (nSPS) is 17.6. The Kier molecular flexibility index (Phi) is 4.59. The second-order valence-electron chi connectivity index (χ2n) is 8.19. The Bertz CT molecular complexity index is 1340. The van der Waals surface area contributed by atoms with Crippen LogP contribution in [0.3, 0.4) is 0 Å². The van der Waals surface area contributed by atoms with Gasteiger partial charge >= 0.3 is 0 Å². The van der Waals surface area contributed by atoms with Crippen molar-refractivity contribution in [3.63, 3.8) is 0 Å². The first kappa shape index (κ1) is 19.6. The summed E-state index contributed by atoms with van der Waals surface area (Å²) in [4.78, 5) is 19.6. The summed E-state index contributed by atoms with van der Waals surface area (Å²) in [5.74, 6) is 1.24. The van der Waals surface area contributed by atoms with Gasteiger partial charge in [0, 0.05) is 22.0 Å². The highest BCUT2D eigenvalue weighted by Gasteiger charge is 2.32. The second-order valence-corrected chi connectivity index (χ2v) is 9.62. The van der Waals surface area contributed by atoms with Crippen molar-refractivity contribution >= 4 is 44.7 Å². The molecule has 0 saturated heterocycles. The Balaban J connectivity index is 1.52. The molecule has 1 saturated carbocycles. The van der Waals surface area contributed by atoms with Gasteiger partial charge in [0.25, 0.3) is 5.91 Å². The van der Waals surface area contributed by atoms with Crippen molar-refractivity contribution in [2.75, 3.05) is 12.4 Å². The quantitative estimate of drug-likeness (QED) is 0.371. The van der Waals surface area contributed by atoms with Gasteiger partial charge in [-0.1, -0.05) is 35.9 Å². The van der Waals surface area contributed by atoms with Crippen LogP contribution in [0.2, 0.25) is 5.02 Å². The number of anilines is 1. The van der Waals surface area contributed by atoms with E-state index in [0.29, 0.717) is 15.8 Å². The SMILES string of the molecule is COc1ccc(-c2cc(C3CC3)nc3sc4c(c23)N[C@H](c2ccc(Cl)cc2)NC4=O)cc1. The molecule has 1 aliphatic heterocycles. The molecule has 0 unspecified atom stereocenters. The number of nitrogens with zero attached hydrogens (tertiary/aromatic N) is 1. The third kappa shape index (κ3) is 3.31. The van der Waals surface area contributed by atoms with Gasteiger partial charge in [-0.2, -0.15) is 0 Å². The Morgan fingerprint density at radius 1 is 1.06 bits per heavy atom. The minimum absolute atomic E-state index is 0.0876. The fraction of sp³-hybridized carbons (Fsp3) is 0.200. The van der Waals surface area contributed by atoms with Crippen molar-refractivity contribution in [3.8, 4) is 16.9 Å². The van der Waals surface area contributed by atoms with E-state index in [1.165, 1.54) is 24.2 Å². The number of thiophene rings is 1. The zero-order valence-corrected chi connectivity index (χ0v) is 18.9. The van der Waals surface area contributed by atoms with E-state index in [4.69, 9.17) is 21.3 Å². The molecule has 160 valence electrons. The fourth-order valence-electron chi connectivity index (χ4n) is 4.20. The highest BCUT2D eigenvalue weighted by atomic mass is 35.5. The van der Waals surface area contributed by atoms with Crippen LogP contribution in [0.5, 0.6) is 5.75 Å². The summed E-state index contributed by atoms with van der Waals surface area (Å²) in [5.41, 5.74) is 5.07. The summed E-state index contributed by atoms with van der Waals surface area (Å²) < 4.78 is 5.34. The molecular formula is C25H20ClN3O2S. The van der Waals surface area contributed by atoms with Crippen LogP contribution in [-0.4, -0.2) is 18.0 Å². The van der Waals surface area contributed by atoms with Crippen molar-refractivity contribution in [1.29, 1.82) is 0 Å². The van der Waals surface area contributed by atoms with E-state index in [1.807, 2.05) is 36.4 Å². The van der Waals surface area contributed by atoms with Gasteiger partial charge in [0.1, 0.15) is 21.6 Å². The number of aromatic nitrogens is 1. The number of rotatable bonds is 4. The van der Waals surface area contributed by atoms with Crippen molar-refractivity contribution in [3.05, 3.63) is 75.8 Å². The van der Waals surface area contributed by atoms with Gasteiger partial charge in [0.15, 0.2) is 0 Å². The predicted octanol–water partition coefficient (Wildman–Crippen LogP) is 6.36. The largest absolute Gasteiger partial charge is 0.497 e. The average molecular weight is 462 g/mol. The molecule has 5 nitrogen and oxygen atoms in total. The van der Waals surface area contributed by atoms with Crippen LogP contribution in [0.25, 0.3) is 21.3 Å².